The molecule has 0 saturated heterocycles. The molecule has 0 radical (unpaired) electrons. The quantitative estimate of drug-likeness (QED) is 0.598. The summed E-state index contributed by atoms with van der Waals surface area (Å²) in [4.78, 5) is 24.9. The maximum absolute atomic E-state index is 12.7. The molecule has 0 unspecified atom stereocenters. The molecule has 26 heavy (non-hydrogen) atoms. The number of benzene rings is 1. The first-order valence-corrected chi connectivity index (χ1v) is 7.95. The van der Waals surface area contributed by atoms with Crippen molar-refractivity contribution in [1.29, 1.82) is 0 Å². The lowest BCUT2D eigenvalue weighted by molar-refractivity contribution is 0.102. The van der Waals surface area contributed by atoms with E-state index in [-0.39, 0.29) is 5.91 Å². The van der Waals surface area contributed by atoms with Gasteiger partial charge in [0.15, 0.2) is 5.82 Å². The fraction of sp³-hybridized carbons (Fsp3) is 0.0556. The SMILES string of the molecule is O=C(Nc1cccc(Cn2ccnc2)c1)c1cccnc1-n1cncn1. The summed E-state index contributed by atoms with van der Waals surface area (Å²) in [7, 11) is 0. The van der Waals surface area contributed by atoms with Gasteiger partial charge in [-0.15, -0.1) is 0 Å². The zero-order chi connectivity index (χ0) is 17.8. The lowest BCUT2D eigenvalue weighted by Gasteiger charge is -2.10. The van der Waals surface area contributed by atoms with Gasteiger partial charge in [0.1, 0.15) is 12.7 Å². The van der Waals surface area contributed by atoms with Gasteiger partial charge >= 0.3 is 0 Å². The van der Waals surface area contributed by atoms with Gasteiger partial charge in [-0.1, -0.05) is 12.1 Å². The fourth-order valence-corrected chi connectivity index (χ4v) is 2.61. The number of hydrogen-bond donors (Lipinski definition) is 1. The van der Waals surface area contributed by atoms with Crippen LogP contribution in [0.5, 0.6) is 0 Å². The van der Waals surface area contributed by atoms with E-state index in [9.17, 15) is 4.79 Å². The third kappa shape index (κ3) is 3.34. The zero-order valence-electron chi connectivity index (χ0n) is 13.7. The third-order valence-electron chi connectivity index (χ3n) is 3.78. The van der Waals surface area contributed by atoms with Crippen molar-refractivity contribution in [1.82, 2.24) is 29.3 Å². The average molecular weight is 345 g/mol. The number of carbonyl (C=O) groups is 1. The number of nitrogens with one attached hydrogen (secondary N) is 1. The number of carbonyl (C=O) groups excluding carboxylic acids is 1. The molecule has 1 amide bonds. The molecular formula is C18H15N7O. The molecule has 128 valence electrons. The molecule has 8 nitrogen and oxygen atoms in total. The summed E-state index contributed by atoms with van der Waals surface area (Å²) in [6.45, 7) is 0.681. The molecule has 0 aliphatic carbocycles. The summed E-state index contributed by atoms with van der Waals surface area (Å²) in [5, 5.41) is 6.96. The number of amides is 1. The number of hydrogen-bond acceptors (Lipinski definition) is 5. The second-order valence-electron chi connectivity index (χ2n) is 5.60. The zero-order valence-corrected chi connectivity index (χ0v) is 13.7. The van der Waals surface area contributed by atoms with Crippen molar-refractivity contribution in [3.05, 3.63) is 85.1 Å². The molecule has 1 N–H and O–H groups in total. The highest BCUT2D eigenvalue weighted by molar-refractivity contribution is 6.06. The Hall–Kier alpha value is -3.81. The van der Waals surface area contributed by atoms with Crippen molar-refractivity contribution in [2.24, 2.45) is 0 Å². The van der Waals surface area contributed by atoms with E-state index < -0.39 is 0 Å². The highest BCUT2D eigenvalue weighted by Crippen LogP contribution is 2.16. The van der Waals surface area contributed by atoms with E-state index >= 15 is 0 Å². The lowest BCUT2D eigenvalue weighted by Crippen LogP contribution is -2.16. The van der Waals surface area contributed by atoms with Gasteiger partial charge in [-0.05, 0) is 29.8 Å². The molecular weight excluding hydrogens is 330 g/mol. The number of aromatic nitrogens is 6. The fourth-order valence-electron chi connectivity index (χ4n) is 2.61. The minimum atomic E-state index is -0.261. The Bertz CT molecular complexity index is 1010. The minimum Gasteiger partial charge on any atom is -0.333 e. The first-order chi connectivity index (χ1) is 12.8. The number of rotatable bonds is 5. The highest BCUT2D eigenvalue weighted by Gasteiger charge is 2.14. The summed E-state index contributed by atoms with van der Waals surface area (Å²) in [5.74, 6) is 0.167. The molecule has 0 saturated carbocycles. The topological polar surface area (TPSA) is 90.5 Å². The Kier molecular flexibility index (Phi) is 4.21. The van der Waals surface area contributed by atoms with Gasteiger partial charge in [-0.3, -0.25) is 4.79 Å². The Morgan fingerprint density at radius 1 is 1.08 bits per heavy atom. The normalized spacial score (nSPS) is 10.6. The van der Waals surface area contributed by atoms with Crippen molar-refractivity contribution in [3.63, 3.8) is 0 Å². The second kappa shape index (κ2) is 6.98. The second-order valence-corrected chi connectivity index (χ2v) is 5.60. The third-order valence-corrected chi connectivity index (χ3v) is 3.78. The molecule has 0 fully saturated rings. The van der Waals surface area contributed by atoms with Gasteiger partial charge in [0, 0.05) is 30.8 Å². The van der Waals surface area contributed by atoms with Crippen LogP contribution in [0.1, 0.15) is 15.9 Å². The summed E-state index contributed by atoms with van der Waals surface area (Å²) in [6, 6.07) is 11.1. The van der Waals surface area contributed by atoms with Gasteiger partial charge in [-0.2, -0.15) is 5.10 Å². The standard InChI is InChI=1S/C18H15N7O/c26-18(16-5-2-6-21-17(16)25-13-20-11-22-25)23-15-4-1-3-14(9-15)10-24-8-7-19-12-24/h1-9,11-13H,10H2,(H,23,26). The lowest BCUT2D eigenvalue weighted by atomic mass is 10.2. The van der Waals surface area contributed by atoms with Crippen molar-refractivity contribution in [3.8, 4) is 5.82 Å². The summed E-state index contributed by atoms with van der Waals surface area (Å²) < 4.78 is 3.43. The van der Waals surface area contributed by atoms with E-state index in [0.717, 1.165) is 5.56 Å². The first-order valence-electron chi connectivity index (χ1n) is 7.95. The Balaban J connectivity index is 1.56. The number of imidazole rings is 1. The van der Waals surface area contributed by atoms with Crippen molar-refractivity contribution >= 4 is 11.6 Å². The van der Waals surface area contributed by atoms with Crippen LogP contribution in [0, 0.1) is 0 Å². The van der Waals surface area contributed by atoms with Crippen LogP contribution in [0.3, 0.4) is 0 Å². The molecule has 8 heteroatoms. The number of anilines is 1. The molecule has 4 rings (SSSR count). The Morgan fingerprint density at radius 2 is 2.04 bits per heavy atom. The van der Waals surface area contributed by atoms with Crippen LogP contribution in [-0.2, 0) is 6.54 Å². The van der Waals surface area contributed by atoms with E-state index in [2.05, 4.69) is 25.4 Å². The number of nitrogens with zero attached hydrogens (tertiary/aromatic N) is 6. The predicted octanol–water partition coefficient (Wildman–Crippen LogP) is 2.16. The van der Waals surface area contributed by atoms with E-state index in [1.807, 2.05) is 35.0 Å². The molecule has 0 atom stereocenters. The van der Waals surface area contributed by atoms with Crippen LogP contribution in [0.4, 0.5) is 5.69 Å². The van der Waals surface area contributed by atoms with Gasteiger partial charge in [0.05, 0.1) is 11.9 Å². The average Bonchev–Trinajstić information content (AvgIpc) is 3.36. The van der Waals surface area contributed by atoms with Crippen LogP contribution in [0.15, 0.2) is 74.0 Å². The summed E-state index contributed by atoms with van der Waals surface area (Å²) in [5.41, 5.74) is 2.18. The molecule has 0 aliphatic rings. The van der Waals surface area contributed by atoms with Crippen LogP contribution in [0.25, 0.3) is 5.82 Å². The van der Waals surface area contributed by atoms with Crippen LogP contribution in [0.2, 0.25) is 0 Å². The number of pyridine rings is 1. The smallest absolute Gasteiger partial charge is 0.259 e. The first kappa shape index (κ1) is 15.7. The van der Waals surface area contributed by atoms with Crippen LogP contribution in [-0.4, -0.2) is 35.2 Å². The maximum atomic E-state index is 12.7. The van der Waals surface area contributed by atoms with Crippen LogP contribution < -0.4 is 5.32 Å². The van der Waals surface area contributed by atoms with Gasteiger partial charge in [0.2, 0.25) is 0 Å². The Morgan fingerprint density at radius 3 is 2.85 bits per heavy atom. The largest absolute Gasteiger partial charge is 0.333 e. The molecule has 4 aromatic rings. The van der Waals surface area contributed by atoms with Gasteiger partial charge in [-0.25, -0.2) is 19.6 Å². The maximum Gasteiger partial charge on any atom is 0.259 e. The van der Waals surface area contributed by atoms with E-state index in [4.69, 9.17) is 0 Å². The predicted molar refractivity (Wildman–Crippen MR) is 94.9 cm³/mol. The van der Waals surface area contributed by atoms with Crippen molar-refractivity contribution in [2.75, 3.05) is 5.32 Å². The van der Waals surface area contributed by atoms with E-state index in [1.54, 1.807) is 30.9 Å². The molecule has 0 bridgehead atoms. The van der Waals surface area contributed by atoms with Gasteiger partial charge in [0.25, 0.3) is 5.91 Å². The molecule has 3 heterocycles. The highest BCUT2D eigenvalue weighted by atomic mass is 16.1. The molecule has 3 aromatic heterocycles. The van der Waals surface area contributed by atoms with E-state index in [1.165, 1.54) is 17.3 Å². The molecule has 0 spiro atoms. The molecule has 1 aromatic carbocycles. The minimum absolute atomic E-state index is 0.261. The van der Waals surface area contributed by atoms with Crippen LogP contribution >= 0.6 is 0 Å². The summed E-state index contributed by atoms with van der Waals surface area (Å²) >= 11 is 0. The summed E-state index contributed by atoms with van der Waals surface area (Å²) in [6.07, 6.45) is 9.90. The molecule has 0 aliphatic heterocycles. The monoisotopic (exact) mass is 345 g/mol. The van der Waals surface area contributed by atoms with Crippen molar-refractivity contribution in [2.45, 2.75) is 6.54 Å². The van der Waals surface area contributed by atoms with Crippen molar-refractivity contribution < 1.29 is 4.79 Å². The van der Waals surface area contributed by atoms with E-state index in [0.29, 0.717) is 23.6 Å². The Labute approximate surface area is 149 Å². The van der Waals surface area contributed by atoms with Gasteiger partial charge < -0.3 is 9.88 Å².